The van der Waals surface area contributed by atoms with E-state index in [0.29, 0.717) is 0 Å². The SMILES string of the molecule is NN(C(=O)OCc1ccccc1)C1NCCc2ccccc21. The molecule has 3 rings (SSSR count). The van der Waals surface area contributed by atoms with Crippen LogP contribution < -0.4 is 11.2 Å². The van der Waals surface area contributed by atoms with Crippen molar-refractivity contribution in [1.82, 2.24) is 10.3 Å². The number of benzene rings is 2. The lowest BCUT2D eigenvalue weighted by Crippen LogP contribution is -2.49. The molecule has 1 heterocycles. The number of ether oxygens (including phenoxy) is 1. The molecule has 114 valence electrons. The van der Waals surface area contributed by atoms with Gasteiger partial charge in [0, 0.05) is 6.54 Å². The molecule has 5 nitrogen and oxygen atoms in total. The van der Waals surface area contributed by atoms with Gasteiger partial charge in [0.25, 0.3) is 0 Å². The number of nitrogens with two attached hydrogens (primary N) is 1. The van der Waals surface area contributed by atoms with Gasteiger partial charge in [-0.2, -0.15) is 0 Å². The maximum atomic E-state index is 12.2. The molecule has 2 aromatic carbocycles. The molecular weight excluding hydrogens is 278 g/mol. The Hall–Kier alpha value is -2.37. The maximum absolute atomic E-state index is 12.2. The van der Waals surface area contributed by atoms with Gasteiger partial charge >= 0.3 is 6.09 Å². The lowest BCUT2D eigenvalue weighted by Gasteiger charge is -2.32. The van der Waals surface area contributed by atoms with Gasteiger partial charge in [0.15, 0.2) is 0 Å². The van der Waals surface area contributed by atoms with Gasteiger partial charge in [-0.25, -0.2) is 15.6 Å². The van der Waals surface area contributed by atoms with Crippen LogP contribution in [0.4, 0.5) is 4.79 Å². The van der Waals surface area contributed by atoms with Crippen molar-refractivity contribution in [3.63, 3.8) is 0 Å². The minimum absolute atomic E-state index is 0.210. The normalized spacial score (nSPS) is 16.7. The Morgan fingerprint density at radius 1 is 1.18 bits per heavy atom. The Labute approximate surface area is 129 Å². The Balaban J connectivity index is 1.66. The van der Waals surface area contributed by atoms with Crippen molar-refractivity contribution in [1.29, 1.82) is 0 Å². The molecule has 0 saturated carbocycles. The molecule has 1 unspecified atom stereocenters. The number of hydrogen-bond donors (Lipinski definition) is 2. The van der Waals surface area contributed by atoms with Crippen LogP contribution in [-0.4, -0.2) is 17.6 Å². The fraction of sp³-hybridized carbons (Fsp3) is 0.235. The van der Waals surface area contributed by atoms with Crippen molar-refractivity contribution in [2.75, 3.05) is 6.54 Å². The molecule has 0 saturated heterocycles. The predicted octanol–water partition coefficient (Wildman–Crippen LogP) is 2.34. The molecule has 22 heavy (non-hydrogen) atoms. The topological polar surface area (TPSA) is 67.6 Å². The molecule has 1 aliphatic rings. The number of carbonyl (C=O) groups is 1. The fourth-order valence-corrected chi connectivity index (χ4v) is 2.63. The molecule has 1 amide bonds. The fourth-order valence-electron chi connectivity index (χ4n) is 2.63. The highest BCUT2D eigenvalue weighted by atomic mass is 16.6. The highest BCUT2D eigenvalue weighted by molar-refractivity contribution is 5.67. The zero-order chi connectivity index (χ0) is 15.4. The van der Waals surface area contributed by atoms with Crippen molar-refractivity contribution < 1.29 is 9.53 Å². The second-order valence-corrected chi connectivity index (χ2v) is 5.25. The Kier molecular flexibility index (Phi) is 4.37. The van der Waals surface area contributed by atoms with E-state index in [4.69, 9.17) is 10.6 Å². The lowest BCUT2D eigenvalue weighted by atomic mass is 9.98. The van der Waals surface area contributed by atoms with Crippen molar-refractivity contribution in [3.05, 3.63) is 71.3 Å². The number of hydrazine groups is 1. The van der Waals surface area contributed by atoms with E-state index < -0.39 is 6.09 Å². The van der Waals surface area contributed by atoms with E-state index in [-0.39, 0.29) is 12.8 Å². The molecule has 0 radical (unpaired) electrons. The van der Waals surface area contributed by atoms with E-state index in [0.717, 1.165) is 29.1 Å². The van der Waals surface area contributed by atoms with Crippen LogP contribution in [0.2, 0.25) is 0 Å². The van der Waals surface area contributed by atoms with Crippen LogP contribution in [0, 0.1) is 0 Å². The number of nitrogens with zero attached hydrogens (tertiary/aromatic N) is 1. The number of amides is 1. The molecular formula is C17H19N3O2. The lowest BCUT2D eigenvalue weighted by molar-refractivity contribution is 0.0712. The number of hydrogen-bond acceptors (Lipinski definition) is 4. The van der Waals surface area contributed by atoms with Crippen molar-refractivity contribution >= 4 is 6.09 Å². The molecule has 3 N–H and O–H groups in total. The van der Waals surface area contributed by atoms with Crippen LogP contribution in [0.1, 0.15) is 22.9 Å². The van der Waals surface area contributed by atoms with Crippen LogP contribution in [-0.2, 0) is 17.8 Å². The van der Waals surface area contributed by atoms with Gasteiger partial charge in [0.2, 0.25) is 0 Å². The minimum atomic E-state index is -0.543. The van der Waals surface area contributed by atoms with Gasteiger partial charge in [-0.3, -0.25) is 5.32 Å². The third-order valence-corrected chi connectivity index (χ3v) is 3.78. The zero-order valence-corrected chi connectivity index (χ0v) is 12.2. The summed E-state index contributed by atoms with van der Waals surface area (Å²) in [6.07, 6.45) is 0.0332. The first-order valence-corrected chi connectivity index (χ1v) is 7.31. The van der Waals surface area contributed by atoms with Crippen LogP contribution in [0.5, 0.6) is 0 Å². The summed E-state index contributed by atoms with van der Waals surface area (Å²) in [4.78, 5) is 12.2. The van der Waals surface area contributed by atoms with Crippen LogP contribution >= 0.6 is 0 Å². The smallest absolute Gasteiger partial charge is 0.426 e. The maximum Gasteiger partial charge on any atom is 0.426 e. The van der Waals surface area contributed by atoms with Gasteiger partial charge < -0.3 is 4.74 Å². The molecule has 0 aromatic heterocycles. The zero-order valence-electron chi connectivity index (χ0n) is 12.2. The monoisotopic (exact) mass is 297 g/mol. The molecule has 5 heteroatoms. The summed E-state index contributed by atoms with van der Waals surface area (Å²) in [6.45, 7) is 0.989. The van der Waals surface area contributed by atoms with Gasteiger partial charge in [-0.05, 0) is 23.1 Å². The summed E-state index contributed by atoms with van der Waals surface area (Å²) < 4.78 is 5.28. The van der Waals surface area contributed by atoms with Crippen molar-refractivity contribution in [2.24, 2.45) is 5.84 Å². The quantitative estimate of drug-likeness (QED) is 0.518. The highest BCUT2D eigenvalue weighted by Crippen LogP contribution is 2.24. The Bertz CT molecular complexity index is 645. The van der Waals surface area contributed by atoms with Crippen LogP contribution in [0.25, 0.3) is 0 Å². The molecule has 0 bridgehead atoms. The number of rotatable bonds is 3. The average molecular weight is 297 g/mol. The summed E-state index contributed by atoms with van der Waals surface area (Å²) in [6, 6.07) is 17.5. The van der Waals surface area contributed by atoms with Gasteiger partial charge in [0.1, 0.15) is 12.8 Å². The van der Waals surface area contributed by atoms with E-state index in [1.165, 1.54) is 5.56 Å². The summed E-state index contributed by atoms with van der Waals surface area (Å²) in [5.74, 6) is 5.97. The summed E-state index contributed by atoms with van der Waals surface area (Å²) in [5.41, 5.74) is 3.16. The summed E-state index contributed by atoms with van der Waals surface area (Å²) in [5, 5.41) is 4.38. The largest absolute Gasteiger partial charge is 0.444 e. The Morgan fingerprint density at radius 2 is 1.91 bits per heavy atom. The third kappa shape index (κ3) is 3.10. The molecule has 0 aliphatic carbocycles. The number of nitrogens with one attached hydrogen (secondary N) is 1. The van der Waals surface area contributed by atoms with Crippen molar-refractivity contribution in [3.8, 4) is 0 Å². The predicted molar refractivity (Wildman–Crippen MR) is 83.5 cm³/mol. The molecule has 0 fully saturated rings. The number of carbonyl (C=O) groups excluding carboxylic acids is 1. The highest BCUT2D eigenvalue weighted by Gasteiger charge is 2.27. The van der Waals surface area contributed by atoms with Crippen molar-refractivity contribution in [2.45, 2.75) is 19.2 Å². The van der Waals surface area contributed by atoms with E-state index in [2.05, 4.69) is 11.4 Å². The first kappa shape index (κ1) is 14.6. The molecule has 1 aliphatic heterocycles. The van der Waals surface area contributed by atoms with E-state index in [9.17, 15) is 4.79 Å². The van der Waals surface area contributed by atoms with Crippen LogP contribution in [0.3, 0.4) is 0 Å². The average Bonchev–Trinajstić information content (AvgIpc) is 2.59. The number of fused-ring (bicyclic) bond motifs is 1. The van der Waals surface area contributed by atoms with Gasteiger partial charge in [-0.15, -0.1) is 0 Å². The van der Waals surface area contributed by atoms with Gasteiger partial charge in [0.05, 0.1) is 0 Å². The van der Waals surface area contributed by atoms with Gasteiger partial charge in [-0.1, -0.05) is 54.6 Å². The first-order chi connectivity index (χ1) is 10.8. The van der Waals surface area contributed by atoms with E-state index in [1.54, 1.807) is 0 Å². The second kappa shape index (κ2) is 6.60. The third-order valence-electron chi connectivity index (χ3n) is 3.78. The summed E-state index contributed by atoms with van der Waals surface area (Å²) in [7, 11) is 0. The minimum Gasteiger partial charge on any atom is -0.444 e. The standard InChI is InChI=1S/C17H19N3O2/c18-20(17(21)22-12-13-6-2-1-3-7-13)16-15-9-5-4-8-14(15)10-11-19-16/h1-9,16,19H,10-12,18H2. The molecule has 1 atom stereocenters. The second-order valence-electron chi connectivity index (χ2n) is 5.25. The summed E-state index contributed by atoms with van der Waals surface area (Å²) >= 11 is 0. The Morgan fingerprint density at radius 3 is 2.73 bits per heavy atom. The van der Waals surface area contributed by atoms with Crippen LogP contribution in [0.15, 0.2) is 54.6 Å². The molecule has 2 aromatic rings. The first-order valence-electron chi connectivity index (χ1n) is 7.31. The molecule has 0 spiro atoms. The van der Waals surface area contributed by atoms with E-state index in [1.807, 2.05) is 48.5 Å². The van der Waals surface area contributed by atoms with E-state index >= 15 is 0 Å².